The fourth-order valence-electron chi connectivity index (χ4n) is 2.14. The van der Waals surface area contributed by atoms with Gasteiger partial charge in [0.05, 0.1) is 19.2 Å². The quantitative estimate of drug-likeness (QED) is 0.785. The van der Waals surface area contributed by atoms with E-state index >= 15 is 0 Å². The predicted molar refractivity (Wildman–Crippen MR) is 77.4 cm³/mol. The Morgan fingerprint density at radius 2 is 2.40 bits per heavy atom. The minimum atomic E-state index is -0.260. The third-order valence-electron chi connectivity index (χ3n) is 3.12. The van der Waals surface area contributed by atoms with Crippen molar-refractivity contribution in [2.75, 3.05) is 32.6 Å². The van der Waals surface area contributed by atoms with Crippen LogP contribution in [0.3, 0.4) is 0 Å². The van der Waals surface area contributed by atoms with E-state index < -0.39 is 0 Å². The summed E-state index contributed by atoms with van der Waals surface area (Å²) in [5.74, 6) is 0.595. The van der Waals surface area contributed by atoms with Crippen molar-refractivity contribution in [2.24, 2.45) is 0 Å². The van der Waals surface area contributed by atoms with E-state index in [1.165, 1.54) is 12.1 Å². The first-order valence-electron chi connectivity index (χ1n) is 6.62. The second-order valence-electron chi connectivity index (χ2n) is 4.61. The van der Waals surface area contributed by atoms with Crippen LogP contribution in [0.4, 0.5) is 4.39 Å². The van der Waals surface area contributed by atoms with Crippen LogP contribution >= 0.6 is 11.8 Å². The minimum absolute atomic E-state index is 0.0757. The summed E-state index contributed by atoms with van der Waals surface area (Å²) in [5.41, 5.74) is 0.881. The number of fused-ring (bicyclic) bond motifs is 1. The number of carbonyl (C=O) groups excluding carboxylic acids is 1. The Morgan fingerprint density at radius 3 is 3.20 bits per heavy atom. The summed E-state index contributed by atoms with van der Waals surface area (Å²) in [6, 6.07) is 4.66. The van der Waals surface area contributed by atoms with Gasteiger partial charge in [-0.3, -0.25) is 4.79 Å². The highest BCUT2D eigenvalue weighted by molar-refractivity contribution is 7.99. The molecule has 0 aromatic heterocycles. The van der Waals surface area contributed by atoms with Gasteiger partial charge in [0.25, 0.3) is 0 Å². The lowest BCUT2D eigenvalue weighted by molar-refractivity contribution is -0.121. The molecule has 0 fully saturated rings. The van der Waals surface area contributed by atoms with Crippen LogP contribution < -0.4 is 10.6 Å². The van der Waals surface area contributed by atoms with Crippen molar-refractivity contribution in [3.05, 3.63) is 29.6 Å². The number of halogens is 1. The summed E-state index contributed by atoms with van der Waals surface area (Å²) >= 11 is 1.70. The van der Waals surface area contributed by atoms with E-state index in [1.54, 1.807) is 24.9 Å². The molecule has 2 N–H and O–H groups in total. The Kier molecular flexibility index (Phi) is 5.82. The summed E-state index contributed by atoms with van der Waals surface area (Å²) in [5, 5.41) is 5.95. The number of benzene rings is 1. The summed E-state index contributed by atoms with van der Waals surface area (Å²) in [6.45, 7) is 1.45. The number of hydrogen-bond donors (Lipinski definition) is 2. The van der Waals surface area contributed by atoms with E-state index in [2.05, 4.69) is 10.6 Å². The Balaban J connectivity index is 1.91. The molecule has 1 aromatic rings. The van der Waals surface area contributed by atoms with Crippen molar-refractivity contribution in [3.8, 4) is 0 Å². The molecule has 1 aromatic carbocycles. The van der Waals surface area contributed by atoms with E-state index in [4.69, 9.17) is 4.74 Å². The molecule has 4 nitrogen and oxygen atoms in total. The molecule has 0 aliphatic carbocycles. The van der Waals surface area contributed by atoms with Crippen molar-refractivity contribution < 1.29 is 13.9 Å². The standard InChI is InChI=1S/C14H19FN2O2S/c1-19-6-5-16-9-14(18)17-12-4-7-20-13-3-2-10(15)8-11(12)13/h2-3,8,12,16H,4-7,9H2,1H3,(H,17,18). The third kappa shape index (κ3) is 4.19. The Bertz CT molecular complexity index is 470. The van der Waals surface area contributed by atoms with E-state index in [1.807, 2.05) is 0 Å². The number of amides is 1. The van der Waals surface area contributed by atoms with Gasteiger partial charge in [0.1, 0.15) is 5.82 Å². The lowest BCUT2D eigenvalue weighted by Crippen LogP contribution is -2.38. The number of nitrogens with one attached hydrogen (secondary N) is 2. The summed E-state index contributed by atoms with van der Waals surface area (Å²) in [4.78, 5) is 12.9. The lowest BCUT2D eigenvalue weighted by Gasteiger charge is -2.26. The molecule has 0 spiro atoms. The maximum Gasteiger partial charge on any atom is 0.234 e. The van der Waals surface area contributed by atoms with Gasteiger partial charge in [-0.15, -0.1) is 11.8 Å². The second-order valence-corrected chi connectivity index (χ2v) is 5.75. The first-order chi connectivity index (χ1) is 9.70. The highest BCUT2D eigenvalue weighted by atomic mass is 32.2. The van der Waals surface area contributed by atoms with Crippen molar-refractivity contribution >= 4 is 17.7 Å². The molecule has 6 heteroatoms. The van der Waals surface area contributed by atoms with Crippen LogP contribution in [0, 0.1) is 5.82 Å². The predicted octanol–water partition coefficient (Wildman–Crippen LogP) is 1.71. The third-order valence-corrected chi connectivity index (χ3v) is 4.24. The summed E-state index contributed by atoms with van der Waals surface area (Å²) < 4.78 is 18.2. The monoisotopic (exact) mass is 298 g/mol. The zero-order valence-corrected chi connectivity index (χ0v) is 12.3. The highest BCUT2D eigenvalue weighted by Gasteiger charge is 2.22. The van der Waals surface area contributed by atoms with Crippen LogP contribution in [-0.4, -0.2) is 38.5 Å². The van der Waals surface area contributed by atoms with Crippen LogP contribution in [0.25, 0.3) is 0 Å². The molecule has 1 heterocycles. The van der Waals surface area contributed by atoms with Crippen LogP contribution in [0.2, 0.25) is 0 Å². The highest BCUT2D eigenvalue weighted by Crippen LogP contribution is 2.36. The van der Waals surface area contributed by atoms with Gasteiger partial charge in [0, 0.05) is 24.3 Å². The molecule has 0 saturated heterocycles. The van der Waals surface area contributed by atoms with Crippen molar-refractivity contribution in [1.29, 1.82) is 0 Å². The van der Waals surface area contributed by atoms with Gasteiger partial charge in [0.15, 0.2) is 0 Å². The molecule has 1 unspecified atom stereocenters. The first kappa shape index (κ1) is 15.3. The number of ether oxygens (including phenoxy) is 1. The molecule has 1 aliphatic rings. The van der Waals surface area contributed by atoms with E-state index in [9.17, 15) is 9.18 Å². The van der Waals surface area contributed by atoms with E-state index in [-0.39, 0.29) is 24.3 Å². The van der Waals surface area contributed by atoms with Gasteiger partial charge in [-0.25, -0.2) is 4.39 Å². The molecule has 1 amide bonds. The number of rotatable bonds is 6. The fourth-order valence-corrected chi connectivity index (χ4v) is 3.24. The van der Waals surface area contributed by atoms with Gasteiger partial charge >= 0.3 is 0 Å². The van der Waals surface area contributed by atoms with Gasteiger partial charge in [-0.1, -0.05) is 0 Å². The molecule has 1 aliphatic heterocycles. The van der Waals surface area contributed by atoms with Crippen molar-refractivity contribution in [3.63, 3.8) is 0 Å². The maximum absolute atomic E-state index is 13.3. The van der Waals surface area contributed by atoms with Crippen LogP contribution in [-0.2, 0) is 9.53 Å². The van der Waals surface area contributed by atoms with Gasteiger partial charge in [-0.05, 0) is 30.2 Å². The minimum Gasteiger partial charge on any atom is -0.383 e. The zero-order valence-electron chi connectivity index (χ0n) is 11.4. The molecular formula is C14H19FN2O2S. The summed E-state index contributed by atoms with van der Waals surface area (Å²) in [7, 11) is 1.62. The largest absolute Gasteiger partial charge is 0.383 e. The average Bonchev–Trinajstić information content (AvgIpc) is 2.44. The number of carbonyl (C=O) groups is 1. The van der Waals surface area contributed by atoms with Gasteiger partial charge in [0.2, 0.25) is 5.91 Å². The molecule has 0 radical (unpaired) electrons. The molecule has 1 atom stereocenters. The second kappa shape index (κ2) is 7.61. The van der Waals surface area contributed by atoms with Gasteiger partial charge in [-0.2, -0.15) is 0 Å². The number of hydrogen-bond acceptors (Lipinski definition) is 4. The zero-order chi connectivity index (χ0) is 14.4. The Morgan fingerprint density at radius 1 is 1.55 bits per heavy atom. The average molecular weight is 298 g/mol. The van der Waals surface area contributed by atoms with Crippen LogP contribution in [0.15, 0.2) is 23.1 Å². The molecule has 110 valence electrons. The SMILES string of the molecule is COCCNCC(=O)NC1CCSc2ccc(F)cc21. The smallest absolute Gasteiger partial charge is 0.234 e. The van der Waals surface area contributed by atoms with Crippen molar-refractivity contribution in [1.82, 2.24) is 10.6 Å². The van der Waals surface area contributed by atoms with E-state index in [0.29, 0.717) is 13.2 Å². The van der Waals surface area contributed by atoms with Crippen molar-refractivity contribution in [2.45, 2.75) is 17.4 Å². The van der Waals surface area contributed by atoms with Crippen LogP contribution in [0.1, 0.15) is 18.0 Å². The topological polar surface area (TPSA) is 50.4 Å². The molecule has 2 rings (SSSR count). The van der Waals surface area contributed by atoms with Gasteiger partial charge < -0.3 is 15.4 Å². The fraction of sp³-hybridized carbons (Fsp3) is 0.500. The van der Waals surface area contributed by atoms with Crippen LogP contribution in [0.5, 0.6) is 0 Å². The molecule has 0 saturated carbocycles. The van der Waals surface area contributed by atoms with E-state index in [0.717, 1.165) is 22.6 Å². The Labute approximate surface area is 122 Å². The molecule has 20 heavy (non-hydrogen) atoms. The first-order valence-corrected chi connectivity index (χ1v) is 7.60. The Hall–Kier alpha value is -1.11. The molecular weight excluding hydrogens is 279 g/mol. The lowest BCUT2D eigenvalue weighted by atomic mass is 10.0. The summed E-state index contributed by atoms with van der Waals surface area (Å²) in [6.07, 6.45) is 0.824. The number of thioether (sulfide) groups is 1. The normalized spacial score (nSPS) is 17.6. The molecule has 0 bridgehead atoms. The number of methoxy groups -OCH3 is 1. The maximum atomic E-state index is 13.3.